The molecule has 3 heteroatoms. The molecular formula is C17H30N2S. The standard InChI is InChI=1S/C17H30N2S/c1-6-18-17(16-19-13(4)14(5)20-16)10-7-8-15(9-11-17)12(2)3/h12,15,18H,6-11H2,1-5H3. The first-order valence-corrected chi connectivity index (χ1v) is 8.99. The molecule has 2 rings (SSSR count). The highest BCUT2D eigenvalue weighted by molar-refractivity contribution is 7.11. The largest absolute Gasteiger partial charge is 0.306 e. The van der Waals surface area contributed by atoms with Crippen molar-refractivity contribution in [2.45, 2.75) is 72.3 Å². The average molecular weight is 295 g/mol. The van der Waals surface area contributed by atoms with Gasteiger partial charge in [0.05, 0.1) is 11.2 Å². The molecule has 0 spiro atoms. The van der Waals surface area contributed by atoms with Crippen LogP contribution >= 0.6 is 11.3 Å². The Kier molecular flexibility index (Phi) is 5.25. The van der Waals surface area contributed by atoms with Gasteiger partial charge in [-0.25, -0.2) is 4.98 Å². The Morgan fingerprint density at radius 3 is 2.60 bits per heavy atom. The molecule has 1 saturated carbocycles. The van der Waals surface area contributed by atoms with Gasteiger partial charge in [0.25, 0.3) is 0 Å². The van der Waals surface area contributed by atoms with Crippen LogP contribution in [0.3, 0.4) is 0 Å². The highest BCUT2D eigenvalue weighted by Gasteiger charge is 2.37. The van der Waals surface area contributed by atoms with E-state index in [0.29, 0.717) is 0 Å². The van der Waals surface area contributed by atoms with Gasteiger partial charge in [-0.3, -0.25) is 0 Å². The third-order valence-electron chi connectivity index (χ3n) is 5.02. The van der Waals surface area contributed by atoms with Crippen LogP contribution in [0.2, 0.25) is 0 Å². The highest BCUT2D eigenvalue weighted by atomic mass is 32.1. The lowest BCUT2D eigenvalue weighted by atomic mass is 9.86. The molecule has 1 N–H and O–H groups in total. The fourth-order valence-corrected chi connectivity index (χ4v) is 4.65. The van der Waals surface area contributed by atoms with Gasteiger partial charge in [0.15, 0.2) is 0 Å². The van der Waals surface area contributed by atoms with Crippen LogP contribution in [0.5, 0.6) is 0 Å². The smallest absolute Gasteiger partial charge is 0.113 e. The van der Waals surface area contributed by atoms with E-state index in [1.807, 2.05) is 11.3 Å². The molecule has 1 aromatic rings. The summed E-state index contributed by atoms with van der Waals surface area (Å²) >= 11 is 1.90. The van der Waals surface area contributed by atoms with E-state index in [-0.39, 0.29) is 5.54 Å². The normalized spacial score (nSPS) is 27.8. The predicted molar refractivity (Wildman–Crippen MR) is 88.4 cm³/mol. The van der Waals surface area contributed by atoms with E-state index in [1.54, 1.807) is 0 Å². The van der Waals surface area contributed by atoms with Crippen LogP contribution in [0.1, 0.15) is 68.5 Å². The van der Waals surface area contributed by atoms with E-state index in [9.17, 15) is 0 Å². The molecule has 0 aliphatic heterocycles. The van der Waals surface area contributed by atoms with Crippen molar-refractivity contribution in [2.75, 3.05) is 6.54 Å². The summed E-state index contributed by atoms with van der Waals surface area (Å²) in [5.41, 5.74) is 1.36. The van der Waals surface area contributed by atoms with Crippen LogP contribution in [0.4, 0.5) is 0 Å². The van der Waals surface area contributed by atoms with Gasteiger partial charge in [-0.2, -0.15) is 0 Å². The second-order valence-electron chi connectivity index (χ2n) is 6.71. The van der Waals surface area contributed by atoms with Gasteiger partial charge in [0, 0.05) is 4.88 Å². The van der Waals surface area contributed by atoms with Crippen LogP contribution in [-0.2, 0) is 5.54 Å². The average Bonchev–Trinajstić information content (AvgIpc) is 2.63. The summed E-state index contributed by atoms with van der Waals surface area (Å²) in [6, 6.07) is 0. The number of hydrogen-bond donors (Lipinski definition) is 1. The molecule has 0 saturated heterocycles. The van der Waals surface area contributed by atoms with Crippen LogP contribution in [-0.4, -0.2) is 11.5 Å². The van der Waals surface area contributed by atoms with Crippen molar-refractivity contribution in [1.82, 2.24) is 10.3 Å². The lowest BCUT2D eigenvalue weighted by Crippen LogP contribution is -2.42. The minimum absolute atomic E-state index is 0.141. The number of nitrogens with one attached hydrogen (secondary N) is 1. The Morgan fingerprint density at radius 1 is 1.30 bits per heavy atom. The van der Waals surface area contributed by atoms with Crippen molar-refractivity contribution < 1.29 is 0 Å². The van der Waals surface area contributed by atoms with Gasteiger partial charge in [-0.1, -0.05) is 33.6 Å². The van der Waals surface area contributed by atoms with Crippen LogP contribution in [0.15, 0.2) is 0 Å². The van der Waals surface area contributed by atoms with Crippen molar-refractivity contribution in [1.29, 1.82) is 0 Å². The Hall–Kier alpha value is -0.410. The molecule has 2 atom stereocenters. The van der Waals surface area contributed by atoms with Crippen molar-refractivity contribution >= 4 is 11.3 Å². The SMILES string of the molecule is CCNC1(c2nc(C)c(C)s2)CCCC(C(C)C)CC1. The summed E-state index contributed by atoms with van der Waals surface area (Å²) in [7, 11) is 0. The Bertz CT molecular complexity index is 419. The molecule has 1 heterocycles. The fraction of sp³-hybridized carbons (Fsp3) is 0.824. The number of thiazole rings is 1. The van der Waals surface area contributed by atoms with E-state index in [0.717, 1.165) is 18.4 Å². The van der Waals surface area contributed by atoms with Gasteiger partial charge in [0.1, 0.15) is 5.01 Å². The number of rotatable bonds is 4. The van der Waals surface area contributed by atoms with Gasteiger partial charge in [-0.05, 0) is 51.5 Å². The Balaban J connectivity index is 2.25. The molecular weight excluding hydrogens is 264 g/mol. The maximum atomic E-state index is 4.89. The summed E-state index contributed by atoms with van der Waals surface area (Å²) in [5, 5.41) is 5.13. The van der Waals surface area contributed by atoms with E-state index in [2.05, 4.69) is 39.9 Å². The quantitative estimate of drug-likeness (QED) is 0.807. The zero-order valence-electron chi connectivity index (χ0n) is 13.8. The Morgan fingerprint density at radius 2 is 2.05 bits per heavy atom. The van der Waals surface area contributed by atoms with Crippen LogP contribution in [0, 0.1) is 25.7 Å². The summed E-state index contributed by atoms with van der Waals surface area (Å²) in [5.74, 6) is 1.70. The van der Waals surface area contributed by atoms with Crippen molar-refractivity contribution in [2.24, 2.45) is 11.8 Å². The van der Waals surface area contributed by atoms with Crippen molar-refractivity contribution in [3.8, 4) is 0 Å². The lowest BCUT2D eigenvalue weighted by Gasteiger charge is -2.32. The van der Waals surface area contributed by atoms with Crippen LogP contribution in [0.25, 0.3) is 0 Å². The van der Waals surface area contributed by atoms with Crippen molar-refractivity contribution in [3.05, 3.63) is 15.6 Å². The third-order valence-corrected chi connectivity index (χ3v) is 6.29. The predicted octanol–water partition coefficient (Wildman–Crippen LogP) is 4.80. The van der Waals surface area contributed by atoms with Gasteiger partial charge in [-0.15, -0.1) is 11.3 Å². The van der Waals surface area contributed by atoms with Gasteiger partial charge in [0.2, 0.25) is 0 Å². The van der Waals surface area contributed by atoms with Gasteiger partial charge >= 0.3 is 0 Å². The van der Waals surface area contributed by atoms with Gasteiger partial charge < -0.3 is 5.32 Å². The fourth-order valence-electron chi connectivity index (χ4n) is 3.52. The lowest BCUT2D eigenvalue weighted by molar-refractivity contribution is 0.280. The summed E-state index contributed by atoms with van der Waals surface area (Å²) < 4.78 is 0. The molecule has 1 fully saturated rings. The Labute approximate surface area is 128 Å². The molecule has 1 aliphatic rings. The van der Waals surface area contributed by atoms with E-state index >= 15 is 0 Å². The third kappa shape index (κ3) is 3.25. The second-order valence-corrected chi connectivity index (χ2v) is 7.91. The molecule has 0 aromatic carbocycles. The zero-order valence-corrected chi connectivity index (χ0v) is 14.6. The summed E-state index contributed by atoms with van der Waals surface area (Å²) in [6.45, 7) is 12.3. The highest BCUT2D eigenvalue weighted by Crippen LogP contribution is 2.41. The maximum absolute atomic E-state index is 4.89. The molecule has 0 radical (unpaired) electrons. The first-order chi connectivity index (χ1) is 9.48. The topological polar surface area (TPSA) is 24.9 Å². The van der Waals surface area contributed by atoms with E-state index in [1.165, 1.54) is 47.7 Å². The number of hydrogen-bond acceptors (Lipinski definition) is 3. The van der Waals surface area contributed by atoms with Crippen molar-refractivity contribution in [3.63, 3.8) is 0 Å². The minimum Gasteiger partial charge on any atom is -0.306 e. The molecule has 1 aromatic heterocycles. The molecule has 2 nitrogen and oxygen atoms in total. The van der Waals surface area contributed by atoms with Crippen LogP contribution < -0.4 is 5.32 Å². The molecule has 2 unspecified atom stereocenters. The zero-order chi connectivity index (χ0) is 14.8. The first kappa shape index (κ1) is 16.0. The molecule has 1 aliphatic carbocycles. The number of nitrogens with zero attached hydrogens (tertiary/aromatic N) is 1. The molecule has 114 valence electrons. The van der Waals surface area contributed by atoms with E-state index < -0.39 is 0 Å². The summed E-state index contributed by atoms with van der Waals surface area (Å²) in [6.07, 6.45) is 6.54. The molecule has 0 bridgehead atoms. The molecule has 20 heavy (non-hydrogen) atoms. The number of aryl methyl sites for hydroxylation is 2. The van der Waals surface area contributed by atoms with E-state index in [4.69, 9.17) is 4.98 Å². The maximum Gasteiger partial charge on any atom is 0.113 e. The summed E-state index contributed by atoms with van der Waals surface area (Å²) in [4.78, 5) is 6.27. The first-order valence-electron chi connectivity index (χ1n) is 8.18. The second kappa shape index (κ2) is 6.57. The molecule has 0 amide bonds. The monoisotopic (exact) mass is 294 g/mol. The minimum atomic E-state index is 0.141. The number of aromatic nitrogens is 1.